The molecule has 1 atom stereocenters. The van der Waals surface area contributed by atoms with Gasteiger partial charge in [-0.05, 0) is 26.3 Å². The number of hydrogen-bond acceptors (Lipinski definition) is 1. The van der Waals surface area contributed by atoms with E-state index in [1.807, 2.05) is 13.1 Å². The molecule has 1 heteroatoms. The summed E-state index contributed by atoms with van der Waals surface area (Å²) in [5, 5.41) is 3.22. The van der Waals surface area contributed by atoms with E-state index in [2.05, 4.69) is 17.8 Å². The van der Waals surface area contributed by atoms with Crippen LogP contribution in [0.1, 0.15) is 25.7 Å². The number of nitrogens with one attached hydrogen (secondary N) is 1. The molecule has 0 aliphatic carbocycles. The molecule has 0 aromatic heterocycles. The van der Waals surface area contributed by atoms with E-state index >= 15 is 0 Å². The standard InChI is InChI=1S/C10H17N/c1-4-6-7-9-10(11-3)8-5-2/h1,5,10-11H,2,6-9H2,3H3. The Kier molecular flexibility index (Phi) is 6.87. The zero-order chi connectivity index (χ0) is 8.53. The van der Waals surface area contributed by atoms with E-state index in [-0.39, 0.29) is 0 Å². The molecule has 0 rings (SSSR count). The molecule has 0 aliphatic rings. The first kappa shape index (κ1) is 10.3. The van der Waals surface area contributed by atoms with Crippen molar-refractivity contribution in [3.05, 3.63) is 12.7 Å². The molecule has 1 N–H and O–H groups in total. The Balaban J connectivity index is 3.36. The summed E-state index contributed by atoms with van der Waals surface area (Å²) < 4.78 is 0. The summed E-state index contributed by atoms with van der Waals surface area (Å²) in [6.07, 6.45) is 11.2. The van der Waals surface area contributed by atoms with Gasteiger partial charge in [0.05, 0.1) is 0 Å². The van der Waals surface area contributed by atoms with E-state index < -0.39 is 0 Å². The maximum Gasteiger partial charge on any atom is 0.00987 e. The van der Waals surface area contributed by atoms with Crippen LogP contribution in [0, 0.1) is 12.3 Å². The van der Waals surface area contributed by atoms with Gasteiger partial charge in [0.15, 0.2) is 0 Å². The highest BCUT2D eigenvalue weighted by Gasteiger charge is 2.01. The quantitative estimate of drug-likeness (QED) is 0.347. The van der Waals surface area contributed by atoms with Crippen LogP contribution in [0.4, 0.5) is 0 Å². The van der Waals surface area contributed by atoms with Gasteiger partial charge < -0.3 is 5.32 Å². The van der Waals surface area contributed by atoms with E-state index in [0.717, 1.165) is 25.7 Å². The van der Waals surface area contributed by atoms with Gasteiger partial charge in [-0.25, -0.2) is 0 Å². The molecule has 0 spiro atoms. The Labute approximate surface area is 69.9 Å². The molecule has 0 fully saturated rings. The summed E-state index contributed by atoms with van der Waals surface area (Å²) >= 11 is 0. The molecule has 1 unspecified atom stereocenters. The highest BCUT2D eigenvalue weighted by molar-refractivity contribution is 4.84. The SMILES string of the molecule is C#CCCCC(CC=C)NC. The average molecular weight is 151 g/mol. The van der Waals surface area contributed by atoms with Gasteiger partial charge in [-0.3, -0.25) is 0 Å². The summed E-state index contributed by atoms with van der Waals surface area (Å²) in [7, 11) is 1.98. The maximum atomic E-state index is 5.14. The van der Waals surface area contributed by atoms with Crippen molar-refractivity contribution in [2.24, 2.45) is 0 Å². The first-order valence-corrected chi connectivity index (χ1v) is 4.06. The summed E-state index contributed by atoms with van der Waals surface area (Å²) in [6.45, 7) is 3.70. The monoisotopic (exact) mass is 151 g/mol. The normalized spacial score (nSPS) is 12.0. The lowest BCUT2D eigenvalue weighted by molar-refractivity contribution is 0.514. The molecular weight excluding hydrogens is 134 g/mol. The molecule has 62 valence electrons. The molecule has 0 radical (unpaired) electrons. The maximum absolute atomic E-state index is 5.14. The van der Waals surface area contributed by atoms with Crippen molar-refractivity contribution in [2.45, 2.75) is 31.7 Å². The van der Waals surface area contributed by atoms with Gasteiger partial charge in [-0.2, -0.15) is 0 Å². The smallest absolute Gasteiger partial charge is 0.00987 e. The van der Waals surface area contributed by atoms with Crippen molar-refractivity contribution in [3.63, 3.8) is 0 Å². The molecule has 0 heterocycles. The third kappa shape index (κ3) is 5.69. The van der Waals surface area contributed by atoms with Gasteiger partial charge in [0.25, 0.3) is 0 Å². The van der Waals surface area contributed by atoms with Crippen LogP contribution in [0.3, 0.4) is 0 Å². The number of rotatable bonds is 6. The minimum atomic E-state index is 0.556. The van der Waals surface area contributed by atoms with Crippen molar-refractivity contribution in [1.29, 1.82) is 0 Å². The molecular formula is C10H17N. The second-order valence-corrected chi connectivity index (χ2v) is 2.61. The van der Waals surface area contributed by atoms with Crippen molar-refractivity contribution in [2.75, 3.05) is 7.05 Å². The minimum absolute atomic E-state index is 0.556. The molecule has 0 aromatic carbocycles. The van der Waals surface area contributed by atoms with Gasteiger partial charge in [0, 0.05) is 12.5 Å². The van der Waals surface area contributed by atoms with Crippen LogP contribution < -0.4 is 5.32 Å². The Morgan fingerprint density at radius 1 is 1.73 bits per heavy atom. The molecule has 0 aromatic rings. The fraction of sp³-hybridized carbons (Fsp3) is 0.600. The predicted molar refractivity (Wildman–Crippen MR) is 50.3 cm³/mol. The van der Waals surface area contributed by atoms with Gasteiger partial charge >= 0.3 is 0 Å². The van der Waals surface area contributed by atoms with E-state index in [1.54, 1.807) is 0 Å². The number of hydrogen-bond donors (Lipinski definition) is 1. The van der Waals surface area contributed by atoms with E-state index in [4.69, 9.17) is 6.42 Å². The fourth-order valence-electron chi connectivity index (χ4n) is 1.03. The Bertz CT molecular complexity index is 132. The highest BCUT2D eigenvalue weighted by atomic mass is 14.9. The zero-order valence-electron chi connectivity index (χ0n) is 7.27. The molecule has 0 amide bonds. The summed E-state index contributed by atoms with van der Waals surface area (Å²) in [4.78, 5) is 0. The largest absolute Gasteiger partial charge is 0.317 e. The zero-order valence-corrected chi connectivity index (χ0v) is 7.27. The van der Waals surface area contributed by atoms with Crippen LogP contribution in [0.15, 0.2) is 12.7 Å². The summed E-state index contributed by atoms with van der Waals surface area (Å²) in [5.41, 5.74) is 0. The molecule has 1 nitrogen and oxygen atoms in total. The van der Waals surface area contributed by atoms with Crippen molar-refractivity contribution in [1.82, 2.24) is 5.32 Å². The molecule has 0 saturated heterocycles. The topological polar surface area (TPSA) is 12.0 Å². The van der Waals surface area contributed by atoms with E-state index in [0.29, 0.717) is 6.04 Å². The third-order valence-corrected chi connectivity index (χ3v) is 1.73. The fourth-order valence-corrected chi connectivity index (χ4v) is 1.03. The van der Waals surface area contributed by atoms with Gasteiger partial charge in [-0.1, -0.05) is 6.08 Å². The van der Waals surface area contributed by atoms with E-state index in [1.165, 1.54) is 0 Å². The third-order valence-electron chi connectivity index (χ3n) is 1.73. The van der Waals surface area contributed by atoms with Crippen molar-refractivity contribution < 1.29 is 0 Å². The lowest BCUT2D eigenvalue weighted by atomic mass is 10.1. The molecule has 0 saturated carbocycles. The van der Waals surface area contributed by atoms with E-state index in [9.17, 15) is 0 Å². The Morgan fingerprint density at radius 2 is 2.45 bits per heavy atom. The minimum Gasteiger partial charge on any atom is -0.317 e. The van der Waals surface area contributed by atoms with Crippen LogP contribution in [-0.4, -0.2) is 13.1 Å². The van der Waals surface area contributed by atoms with Crippen LogP contribution >= 0.6 is 0 Å². The summed E-state index contributed by atoms with van der Waals surface area (Å²) in [6, 6.07) is 0.556. The Morgan fingerprint density at radius 3 is 2.91 bits per heavy atom. The van der Waals surface area contributed by atoms with Gasteiger partial charge in [-0.15, -0.1) is 18.9 Å². The second-order valence-electron chi connectivity index (χ2n) is 2.61. The summed E-state index contributed by atoms with van der Waals surface area (Å²) in [5.74, 6) is 2.64. The lowest BCUT2D eigenvalue weighted by Crippen LogP contribution is -2.23. The average Bonchev–Trinajstić information content (AvgIpc) is 2.03. The van der Waals surface area contributed by atoms with Crippen molar-refractivity contribution >= 4 is 0 Å². The number of unbranched alkanes of at least 4 members (excludes halogenated alkanes) is 1. The molecule has 11 heavy (non-hydrogen) atoms. The molecule has 0 aliphatic heterocycles. The first-order valence-electron chi connectivity index (χ1n) is 4.06. The highest BCUT2D eigenvalue weighted by Crippen LogP contribution is 2.03. The number of terminal acetylenes is 1. The van der Waals surface area contributed by atoms with Crippen LogP contribution in [0.25, 0.3) is 0 Å². The van der Waals surface area contributed by atoms with Crippen LogP contribution in [0.2, 0.25) is 0 Å². The van der Waals surface area contributed by atoms with Gasteiger partial charge in [0.2, 0.25) is 0 Å². The first-order chi connectivity index (χ1) is 5.35. The van der Waals surface area contributed by atoms with Crippen LogP contribution in [0.5, 0.6) is 0 Å². The molecule has 0 bridgehead atoms. The Hall–Kier alpha value is -0.740. The van der Waals surface area contributed by atoms with Crippen molar-refractivity contribution in [3.8, 4) is 12.3 Å². The lowest BCUT2D eigenvalue weighted by Gasteiger charge is -2.12. The second kappa shape index (κ2) is 7.37. The predicted octanol–water partition coefficient (Wildman–Crippen LogP) is 1.95. The van der Waals surface area contributed by atoms with Crippen LogP contribution in [-0.2, 0) is 0 Å². The van der Waals surface area contributed by atoms with Gasteiger partial charge in [0.1, 0.15) is 0 Å².